The number of hydrogen-bond donors (Lipinski definition) is 1. The van der Waals surface area contributed by atoms with E-state index in [1.807, 2.05) is 59.3 Å². The smallest absolute Gasteiger partial charge is 0.276 e. The van der Waals surface area contributed by atoms with Crippen molar-refractivity contribution in [2.45, 2.75) is 0 Å². The molecule has 0 fully saturated rings. The lowest BCUT2D eigenvalue weighted by Crippen LogP contribution is -2.15. The highest BCUT2D eigenvalue weighted by molar-refractivity contribution is 6.04. The SMILES string of the molecule is COc1ccc(C(=O)Nc2ccccc2-c2cn3ccccc3n2)nn1. The van der Waals surface area contributed by atoms with Crippen molar-refractivity contribution >= 4 is 17.2 Å². The van der Waals surface area contributed by atoms with Crippen molar-refractivity contribution < 1.29 is 9.53 Å². The first kappa shape index (κ1) is 15.8. The largest absolute Gasteiger partial charge is 0.480 e. The summed E-state index contributed by atoms with van der Waals surface area (Å²) >= 11 is 0. The number of anilines is 1. The molecule has 7 heteroatoms. The number of nitrogens with zero attached hydrogens (tertiary/aromatic N) is 4. The number of carbonyl (C=O) groups excluding carboxylic acids is 1. The highest BCUT2D eigenvalue weighted by Gasteiger charge is 2.14. The minimum atomic E-state index is -0.351. The van der Waals surface area contributed by atoms with E-state index in [1.165, 1.54) is 7.11 Å². The van der Waals surface area contributed by atoms with Gasteiger partial charge in [0.2, 0.25) is 5.88 Å². The Morgan fingerprint density at radius 2 is 1.88 bits per heavy atom. The summed E-state index contributed by atoms with van der Waals surface area (Å²) in [5, 5.41) is 10.6. The Balaban J connectivity index is 1.66. The second kappa shape index (κ2) is 6.64. The molecule has 3 heterocycles. The Bertz CT molecular complexity index is 1040. The van der Waals surface area contributed by atoms with Gasteiger partial charge in [-0.3, -0.25) is 4.79 Å². The molecule has 0 saturated carbocycles. The number of benzene rings is 1. The van der Waals surface area contributed by atoms with Crippen molar-refractivity contribution in [2.24, 2.45) is 0 Å². The molecule has 0 atom stereocenters. The van der Waals surface area contributed by atoms with Crippen molar-refractivity contribution in [2.75, 3.05) is 12.4 Å². The topological polar surface area (TPSA) is 81.4 Å². The molecule has 1 N–H and O–H groups in total. The molecule has 0 aliphatic carbocycles. The molecule has 4 aromatic rings. The second-order valence-corrected chi connectivity index (χ2v) is 5.55. The fourth-order valence-electron chi connectivity index (χ4n) is 2.62. The number of nitrogens with one attached hydrogen (secondary N) is 1. The van der Waals surface area contributed by atoms with Crippen molar-refractivity contribution in [1.29, 1.82) is 0 Å². The average molecular weight is 345 g/mol. The van der Waals surface area contributed by atoms with Crippen LogP contribution in [0, 0.1) is 0 Å². The molecular formula is C19H15N5O2. The van der Waals surface area contributed by atoms with Gasteiger partial charge in [0.25, 0.3) is 5.91 Å². The van der Waals surface area contributed by atoms with Gasteiger partial charge in [-0.1, -0.05) is 24.3 Å². The second-order valence-electron chi connectivity index (χ2n) is 5.55. The van der Waals surface area contributed by atoms with Crippen LogP contribution in [0.15, 0.2) is 67.0 Å². The van der Waals surface area contributed by atoms with Crippen molar-refractivity contribution in [1.82, 2.24) is 19.6 Å². The maximum atomic E-state index is 12.5. The summed E-state index contributed by atoms with van der Waals surface area (Å²) in [4.78, 5) is 17.1. The number of amides is 1. The first-order valence-corrected chi connectivity index (χ1v) is 7.97. The molecule has 0 aliphatic heterocycles. The lowest BCUT2D eigenvalue weighted by Gasteiger charge is -2.09. The lowest BCUT2D eigenvalue weighted by molar-refractivity contribution is 0.102. The number of hydrogen-bond acceptors (Lipinski definition) is 5. The maximum absolute atomic E-state index is 12.5. The highest BCUT2D eigenvalue weighted by Crippen LogP contribution is 2.27. The Kier molecular flexibility index (Phi) is 4.03. The van der Waals surface area contributed by atoms with Crippen LogP contribution in [0.5, 0.6) is 5.88 Å². The summed E-state index contributed by atoms with van der Waals surface area (Å²) in [6.07, 6.45) is 3.85. The summed E-state index contributed by atoms with van der Waals surface area (Å²) in [5.41, 5.74) is 3.29. The third kappa shape index (κ3) is 2.98. The fourth-order valence-corrected chi connectivity index (χ4v) is 2.62. The van der Waals surface area contributed by atoms with Crippen LogP contribution in [-0.4, -0.2) is 32.6 Å². The van der Waals surface area contributed by atoms with Gasteiger partial charge in [-0.05, 0) is 24.3 Å². The van der Waals surface area contributed by atoms with Gasteiger partial charge in [0.05, 0.1) is 18.5 Å². The first-order valence-electron chi connectivity index (χ1n) is 7.97. The normalized spacial score (nSPS) is 10.7. The fraction of sp³-hybridized carbons (Fsp3) is 0.0526. The standard InChI is InChI=1S/C19H15N5O2/c1-26-18-10-9-15(22-23-18)19(25)21-14-7-3-2-6-13(14)16-12-24-11-5-4-8-17(24)20-16/h2-12H,1H3,(H,21,25). The zero-order valence-electron chi connectivity index (χ0n) is 14.0. The minimum absolute atomic E-state index is 0.204. The van der Waals surface area contributed by atoms with Crippen LogP contribution >= 0.6 is 0 Å². The zero-order valence-corrected chi connectivity index (χ0v) is 14.0. The molecule has 3 aromatic heterocycles. The van der Waals surface area contributed by atoms with Crippen LogP contribution in [0.25, 0.3) is 16.9 Å². The summed E-state index contributed by atoms with van der Waals surface area (Å²) < 4.78 is 6.89. The van der Waals surface area contributed by atoms with E-state index in [4.69, 9.17) is 4.74 Å². The molecule has 0 spiro atoms. The number of rotatable bonds is 4. The Hall–Kier alpha value is -3.74. The van der Waals surface area contributed by atoms with Crippen molar-refractivity contribution in [3.63, 3.8) is 0 Å². The predicted molar refractivity (Wildman–Crippen MR) is 97.2 cm³/mol. The number of carbonyl (C=O) groups is 1. The number of fused-ring (bicyclic) bond motifs is 1. The summed E-state index contributed by atoms with van der Waals surface area (Å²) in [6.45, 7) is 0. The summed E-state index contributed by atoms with van der Waals surface area (Å²) in [7, 11) is 1.49. The third-order valence-electron chi connectivity index (χ3n) is 3.90. The average Bonchev–Trinajstić information content (AvgIpc) is 3.12. The first-order chi connectivity index (χ1) is 12.7. The number of imidazole rings is 1. The quantitative estimate of drug-likeness (QED) is 0.615. The van der Waals surface area contributed by atoms with Gasteiger partial charge in [0.15, 0.2) is 5.69 Å². The van der Waals surface area contributed by atoms with E-state index in [0.717, 1.165) is 16.9 Å². The number of methoxy groups -OCH3 is 1. The van der Waals surface area contributed by atoms with E-state index in [9.17, 15) is 4.79 Å². The molecule has 7 nitrogen and oxygen atoms in total. The van der Waals surface area contributed by atoms with E-state index < -0.39 is 0 Å². The Morgan fingerprint density at radius 1 is 1.04 bits per heavy atom. The van der Waals surface area contributed by atoms with E-state index in [1.54, 1.807) is 12.1 Å². The van der Waals surface area contributed by atoms with Gasteiger partial charge < -0.3 is 14.5 Å². The molecule has 4 rings (SSSR count). The van der Waals surface area contributed by atoms with Crippen LogP contribution in [0.1, 0.15) is 10.5 Å². The third-order valence-corrected chi connectivity index (χ3v) is 3.90. The van der Waals surface area contributed by atoms with E-state index in [2.05, 4.69) is 20.5 Å². The van der Waals surface area contributed by atoms with Crippen LogP contribution in [0.3, 0.4) is 0 Å². The molecule has 26 heavy (non-hydrogen) atoms. The number of aromatic nitrogens is 4. The highest BCUT2D eigenvalue weighted by atomic mass is 16.5. The van der Waals surface area contributed by atoms with Crippen LogP contribution in [0.2, 0.25) is 0 Å². The molecule has 0 aliphatic rings. The van der Waals surface area contributed by atoms with Gasteiger partial charge in [-0.15, -0.1) is 10.2 Å². The maximum Gasteiger partial charge on any atom is 0.276 e. The van der Waals surface area contributed by atoms with E-state index in [-0.39, 0.29) is 11.6 Å². The molecule has 1 aromatic carbocycles. The van der Waals surface area contributed by atoms with Gasteiger partial charge >= 0.3 is 0 Å². The van der Waals surface area contributed by atoms with Crippen molar-refractivity contribution in [3.8, 4) is 17.1 Å². The summed E-state index contributed by atoms with van der Waals surface area (Å²) in [5.74, 6) is 0.00279. The minimum Gasteiger partial charge on any atom is -0.480 e. The monoisotopic (exact) mass is 345 g/mol. The number of para-hydroxylation sites is 1. The van der Waals surface area contributed by atoms with Crippen molar-refractivity contribution in [3.05, 3.63) is 72.7 Å². The van der Waals surface area contributed by atoms with Crippen LogP contribution < -0.4 is 10.1 Å². The Labute approximate surface area is 149 Å². The number of ether oxygens (including phenoxy) is 1. The number of pyridine rings is 1. The molecule has 1 amide bonds. The van der Waals surface area contributed by atoms with E-state index in [0.29, 0.717) is 11.6 Å². The van der Waals surface area contributed by atoms with Gasteiger partial charge in [-0.25, -0.2) is 4.98 Å². The van der Waals surface area contributed by atoms with Gasteiger partial charge in [0.1, 0.15) is 5.65 Å². The van der Waals surface area contributed by atoms with Crippen LogP contribution in [0.4, 0.5) is 5.69 Å². The van der Waals surface area contributed by atoms with E-state index >= 15 is 0 Å². The Morgan fingerprint density at radius 3 is 2.65 bits per heavy atom. The molecule has 0 radical (unpaired) electrons. The predicted octanol–water partition coefficient (Wildman–Crippen LogP) is 3.05. The molecular weight excluding hydrogens is 330 g/mol. The zero-order chi connectivity index (χ0) is 17.9. The molecule has 0 saturated heterocycles. The summed E-state index contributed by atoms with van der Waals surface area (Å²) in [6, 6.07) is 16.5. The molecule has 0 unspecified atom stereocenters. The molecule has 128 valence electrons. The lowest BCUT2D eigenvalue weighted by atomic mass is 10.1. The molecule has 0 bridgehead atoms. The van der Waals surface area contributed by atoms with Gasteiger partial charge in [-0.2, -0.15) is 0 Å². The van der Waals surface area contributed by atoms with Crippen LogP contribution in [-0.2, 0) is 0 Å². The van der Waals surface area contributed by atoms with Gasteiger partial charge in [0, 0.05) is 24.0 Å².